The zero-order valence-corrected chi connectivity index (χ0v) is 21.1. The summed E-state index contributed by atoms with van der Waals surface area (Å²) in [5, 5.41) is 22.7. The SMILES string of the molecule is Cc1cccc(N2CCC(O)(CN3CCOC[C@@](O)(COc4cc(C)cc(C)c4C)C3)CC2)c1. The molecule has 6 heteroatoms. The molecular formula is C28H40N2O4. The largest absolute Gasteiger partial charge is 0.490 e. The number of hydrogen-bond acceptors (Lipinski definition) is 6. The second-order valence-corrected chi connectivity index (χ2v) is 10.5. The summed E-state index contributed by atoms with van der Waals surface area (Å²) < 4.78 is 11.9. The molecule has 6 nitrogen and oxygen atoms in total. The Morgan fingerprint density at radius 2 is 1.71 bits per heavy atom. The van der Waals surface area contributed by atoms with Crippen LogP contribution >= 0.6 is 0 Å². The van der Waals surface area contributed by atoms with Crippen molar-refractivity contribution in [1.82, 2.24) is 4.90 Å². The average Bonchev–Trinajstić information content (AvgIpc) is 2.96. The Labute approximate surface area is 204 Å². The Morgan fingerprint density at radius 1 is 0.941 bits per heavy atom. The Bertz CT molecular complexity index is 986. The minimum Gasteiger partial charge on any atom is -0.490 e. The summed E-state index contributed by atoms with van der Waals surface area (Å²) >= 11 is 0. The maximum absolute atomic E-state index is 11.4. The molecule has 4 rings (SSSR count). The minimum absolute atomic E-state index is 0.160. The van der Waals surface area contributed by atoms with E-state index in [1.807, 2.05) is 13.0 Å². The number of piperidine rings is 1. The van der Waals surface area contributed by atoms with Crippen molar-refractivity contribution in [2.75, 3.05) is 57.4 Å². The lowest BCUT2D eigenvalue weighted by atomic mass is 9.90. The predicted octanol–water partition coefficient (Wildman–Crippen LogP) is 3.39. The highest BCUT2D eigenvalue weighted by molar-refractivity contribution is 5.49. The first kappa shape index (κ1) is 25.0. The van der Waals surface area contributed by atoms with Crippen LogP contribution < -0.4 is 9.64 Å². The van der Waals surface area contributed by atoms with Crippen LogP contribution in [-0.2, 0) is 4.74 Å². The second-order valence-electron chi connectivity index (χ2n) is 10.5. The zero-order chi connectivity index (χ0) is 24.3. The van der Waals surface area contributed by atoms with Gasteiger partial charge in [0.05, 0.1) is 18.8 Å². The molecule has 2 saturated heterocycles. The number of rotatable bonds is 6. The third-order valence-electron chi connectivity index (χ3n) is 7.28. The molecule has 0 spiro atoms. The third-order valence-corrected chi connectivity index (χ3v) is 7.28. The van der Waals surface area contributed by atoms with E-state index in [1.54, 1.807) is 0 Å². The average molecular weight is 469 g/mol. The van der Waals surface area contributed by atoms with Crippen molar-refractivity contribution in [3.63, 3.8) is 0 Å². The predicted molar refractivity (Wildman–Crippen MR) is 136 cm³/mol. The Morgan fingerprint density at radius 3 is 2.44 bits per heavy atom. The first-order chi connectivity index (χ1) is 16.1. The van der Waals surface area contributed by atoms with Crippen molar-refractivity contribution in [2.24, 2.45) is 0 Å². The highest BCUT2D eigenvalue weighted by Gasteiger charge is 2.39. The quantitative estimate of drug-likeness (QED) is 0.678. The molecule has 2 aliphatic rings. The fourth-order valence-electron chi connectivity index (χ4n) is 5.16. The lowest BCUT2D eigenvalue weighted by molar-refractivity contribution is -0.0743. The van der Waals surface area contributed by atoms with Crippen LogP contribution in [0.1, 0.15) is 35.1 Å². The van der Waals surface area contributed by atoms with E-state index in [0.29, 0.717) is 39.1 Å². The van der Waals surface area contributed by atoms with Gasteiger partial charge in [-0.15, -0.1) is 0 Å². The Hall–Kier alpha value is -2.12. The van der Waals surface area contributed by atoms with E-state index in [0.717, 1.165) is 30.0 Å². The number of benzene rings is 2. The van der Waals surface area contributed by atoms with Gasteiger partial charge in [-0.1, -0.05) is 18.2 Å². The number of β-amino-alcohol motifs (C(OH)–C–C–N with tert-alkyl or cyclic N) is 2. The Balaban J connectivity index is 1.36. The topological polar surface area (TPSA) is 65.4 Å². The van der Waals surface area contributed by atoms with Gasteiger partial charge in [0.15, 0.2) is 0 Å². The fraction of sp³-hybridized carbons (Fsp3) is 0.571. The first-order valence-electron chi connectivity index (χ1n) is 12.4. The molecule has 2 aromatic carbocycles. The lowest BCUT2D eigenvalue weighted by Gasteiger charge is -2.42. The van der Waals surface area contributed by atoms with Crippen LogP contribution in [0.25, 0.3) is 0 Å². The van der Waals surface area contributed by atoms with E-state index in [4.69, 9.17) is 9.47 Å². The number of hydrogen-bond donors (Lipinski definition) is 2. The molecule has 0 aromatic heterocycles. The Kier molecular flexibility index (Phi) is 7.53. The smallest absolute Gasteiger partial charge is 0.134 e. The van der Waals surface area contributed by atoms with Gasteiger partial charge in [-0.2, -0.15) is 0 Å². The summed E-state index contributed by atoms with van der Waals surface area (Å²) in [4.78, 5) is 4.50. The van der Waals surface area contributed by atoms with E-state index in [9.17, 15) is 10.2 Å². The van der Waals surface area contributed by atoms with E-state index >= 15 is 0 Å². The van der Waals surface area contributed by atoms with Crippen LogP contribution in [0, 0.1) is 27.7 Å². The van der Waals surface area contributed by atoms with Crippen molar-refractivity contribution in [3.05, 3.63) is 58.7 Å². The van der Waals surface area contributed by atoms with Crippen molar-refractivity contribution in [1.29, 1.82) is 0 Å². The maximum atomic E-state index is 11.4. The molecule has 2 aliphatic heterocycles. The third kappa shape index (κ3) is 6.11. The molecule has 2 aromatic rings. The number of aryl methyl sites for hydroxylation is 3. The van der Waals surface area contributed by atoms with Gasteiger partial charge in [-0.25, -0.2) is 0 Å². The molecule has 1 atom stereocenters. The lowest BCUT2D eigenvalue weighted by Crippen LogP contribution is -2.55. The van der Waals surface area contributed by atoms with Gasteiger partial charge < -0.3 is 24.6 Å². The molecule has 0 unspecified atom stereocenters. The van der Waals surface area contributed by atoms with Gasteiger partial charge in [0.1, 0.15) is 18.0 Å². The summed E-state index contributed by atoms with van der Waals surface area (Å²) in [6.45, 7) is 12.5. The molecule has 0 bridgehead atoms. The van der Waals surface area contributed by atoms with E-state index in [-0.39, 0.29) is 13.2 Å². The van der Waals surface area contributed by atoms with Gasteiger partial charge in [-0.05, 0) is 81.0 Å². The number of anilines is 1. The van der Waals surface area contributed by atoms with Gasteiger partial charge in [-0.3, -0.25) is 4.90 Å². The van der Waals surface area contributed by atoms with Crippen molar-refractivity contribution in [3.8, 4) is 5.75 Å². The summed E-state index contributed by atoms with van der Waals surface area (Å²) in [6.07, 6.45) is 1.41. The minimum atomic E-state index is -1.13. The van der Waals surface area contributed by atoms with Gasteiger partial charge in [0, 0.05) is 38.4 Å². The summed E-state index contributed by atoms with van der Waals surface area (Å²) in [7, 11) is 0. The van der Waals surface area contributed by atoms with Crippen LogP contribution in [-0.4, -0.2) is 78.9 Å². The summed E-state index contributed by atoms with van der Waals surface area (Å²) in [5.41, 5.74) is 3.99. The number of aliphatic hydroxyl groups is 2. The molecule has 186 valence electrons. The van der Waals surface area contributed by atoms with Gasteiger partial charge >= 0.3 is 0 Å². The van der Waals surface area contributed by atoms with Crippen LogP contribution in [0.3, 0.4) is 0 Å². The zero-order valence-electron chi connectivity index (χ0n) is 21.1. The normalized spacial score (nSPS) is 23.5. The molecule has 2 N–H and O–H groups in total. The van der Waals surface area contributed by atoms with Crippen LogP contribution in [0.4, 0.5) is 5.69 Å². The fourth-order valence-corrected chi connectivity index (χ4v) is 5.16. The van der Waals surface area contributed by atoms with Crippen molar-refractivity contribution in [2.45, 2.75) is 51.7 Å². The van der Waals surface area contributed by atoms with Crippen LogP contribution in [0.15, 0.2) is 36.4 Å². The molecular weight excluding hydrogens is 428 g/mol. The van der Waals surface area contributed by atoms with Crippen LogP contribution in [0.5, 0.6) is 5.75 Å². The molecule has 2 heterocycles. The molecule has 0 amide bonds. The standard InChI is InChI=1S/C28H40N2O4/c1-21-6-5-7-25(15-21)30-10-8-27(31,9-11-30)17-29-12-13-33-19-28(32,18-29)20-34-26-16-22(2)14-23(3)24(26)4/h5-7,14-16,31-32H,8-13,17-20H2,1-4H3/t28-/m1/s1. The van der Waals surface area contributed by atoms with E-state index in [2.05, 4.69) is 60.9 Å². The highest BCUT2D eigenvalue weighted by Crippen LogP contribution is 2.29. The van der Waals surface area contributed by atoms with Gasteiger partial charge in [0.2, 0.25) is 0 Å². The highest BCUT2D eigenvalue weighted by atomic mass is 16.5. The second kappa shape index (κ2) is 10.2. The first-order valence-corrected chi connectivity index (χ1v) is 12.4. The van der Waals surface area contributed by atoms with Crippen molar-refractivity contribution >= 4 is 5.69 Å². The summed E-state index contributed by atoms with van der Waals surface area (Å²) in [5.74, 6) is 0.809. The van der Waals surface area contributed by atoms with E-state index < -0.39 is 11.2 Å². The monoisotopic (exact) mass is 468 g/mol. The molecule has 2 fully saturated rings. The molecule has 34 heavy (non-hydrogen) atoms. The van der Waals surface area contributed by atoms with Crippen LogP contribution in [0.2, 0.25) is 0 Å². The summed E-state index contributed by atoms with van der Waals surface area (Å²) in [6, 6.07) is 12.7. The maximum Gasteiger partial charge on any atom is 0.134 e. The molecule has 0 saturated carbocycles. The number of nitrogens with zero attached hydrogens (tertiary/aromatic N) is 2. The van der Waals surface area contributed by atoms with E-state index in [1.165, 1.54) is 16.8 Å². The van der Waals surface area contributed by atoms with Crippen molar-refractivity contribution < 1.29 is 19.7 Å². The van der Waals surface area contributed by atoms with Gasteiger partial charge in [0.25, 0.3) is 0 Å². The molecule has 0 aliphatic carbocycles. The number of ether oxygens (including phenoxy) is 2. The molecule has 0 radical (unpaired) electrons.